The molecule has 1 aromatic heterocycles. The number of amides is 1. The molecule has 2 atom stereocenters. The molecule has 172 valence electrons. The van der Waals surface area contributed by atoms with Crippen LogP contribution in [0.3, 0.4) is 0 Å². The van der Waals surface area contributed by atoms with Crippen LogP contribution in [0.1, 0.15) is 26.2 Å². The molecule has 1 saturated heterocycles. The molecule has 3 rings (SSSR count). The van der Waals surface area contributed by atoms with Crippen molar-refractivity contribution in [3.63, 3.8) is 0 Å². The van der Waals surface area contributed by atoms with E-state index in [4.69, 9.17) is 16.3 Å². The number of rotatable bonds is 6. The molecule has 1 fully saturated rings. The number of carbonyl (C=O) groups excluding carboxylic acids is 3. The topological polar surface area (TPSA) is 128 Å². The number of hydrogen-bond donors (Lipinski definition) is 1. The summed E-state index contributed by atoms with van der Waals surface area (Å²) in [6.45, 7) is 0.613. The minimum Gasteiger partial charge on any atom is -0.428 e. The van der Waals surface area contributed by atoms with Gasteiger partial charge in [0.25, 0.3) is 5.56 Å². The molecule has 0 bridgehead atoms. The molecule has 0 saturated carbocycles. The molecular weight excluding hydrogens is 510 g/mol. The number of Topliss-reactive ketones (excluding diaryl/α,β-unsaturated/α-hetero) is 1. The first-order valence-electron chi connectivity index (χ1n) is 9.78. The summed E-state index contributed by atoms with van der Waals surface area (Å²) in [4.78, 5) is 54.1. The fourth-order valence-electron chi connectivity index (χ4n) is 3.51. The number of ketones is 1. The van der Waals surface area contributed by atoms with E-state index in [-0.39, 0.29) is 30.7 Å². The second-order valence-electron chi connectivity index (χ2n) is 7.34. The summed E-state index contributed by atoms with van der Waals surface area (Å²) in [5, 5.41) is 11.0. The normalized spacial score (nSPS) is 18.4. The number of esters is 1. The van der Waals surface area contributed by atoms with Crippen molar-refractivity contribution in [2.75, 3.05) is 13.3 Å². The van der Waals surface area contributed by atoms with Crippen LogP contribution >= 0.6 is 27.5 Å². The van der Waals surface area contributed by atoms with Gasteiger partial charge in [0.1, 0.15) is 0 Å². The Bertz CT molecular complexity index is 1110. The fourth-order valence-corrected chi connectivity index (χ4v) is 4.00. The maximum absolute atomic E-state index is 12.8. The molecule has 1 N–H and O–H groups in total. The molecule has 1 aliphatic rings. The molecule has 10 nitrogen and oxygen atoms in total. The van der Waals surface area contributed by atoms with E-state index in [1.165, 1.54) is 24.2 Å². The maximum Gasteiger partial charge on any atom is 0.413 e. The van der Waals surface area contributed by atoms with Crippen LogP contribution in [0, 0.1) is 0 Å². The molecular formula is C20H21BrClN3O7. The molecule has 2 aromatic rings. The quantitative estimate of drug-likeness (QED) is 0.445. The molecule has 0 aliphatic carbocycles. The Morgan fingerprint density at radius 2 is 2.06 bits per heavy atom. The summed E-state index contributed by atoms with van der Waals surface area (Å²) in [7, 11) is 0. The Morgan fingerprint density at radius 3 is 2.78 bits per heavy atom. The van der Waals surface area contributed by atoms with Crippen LogP contribution in [0.5, 0.6) is 0 Å². The molecule has 2 unspecified atom stereocenters. The van der Waals surface area contributed by atoms with Gasteiger partial charge < -0.3 is 19.5 Å². The van der Waals surface area contributed by atoms with Crippen LogP contribution in [0.15, 0.2) is 27.7 Å². The average molecular weight is 531 g/mol. The van der Waals surface area contributed by atoms with Gasteiger partial charge in [0.15, 0.2) is 5.78 Å². The Balaban J connectivity index is 1.72. The van der Waals surface area contributed by atoms with Crippen molar-refractivity contribution < 1.29 is 29.0 Å². The van der Waals surface area contributed by atoms with Gasteiger partial charge >= 0.3 is 12.1 Å². The van der Waals surface area contributed by atoms with Gasteiger partial charge in [-0.05, 0) is 40.9 Å². The predicted molar refractivity (Wildman–Crippen MR) is 117 cm³/mol. The Labute approximate surface area is 196 Å². The third-order valence-electron chi connectivity index (χ3n) is 5.07. The first-order valence-corrected chi connectivity index (χ1v) is 10.9. The van der Waals surface area contributed by atoms with Crippen molar-refractivity contribution in [1.82, 2.24) is 14.5 Å². The minimum atomic E-state index is -0.934. The highest BCUT2D eigenvalue weighted by Gasteiger charge is 2.35. The number of benzene rings is 1. The average Bonchev–Trinajstić information content (AvgIpc) is 2.73. The summed E-state index contributed by atoms with van der Waals surface area (Å²) in [6, 6.07) is 2.27. The van der Waals surface area contributed by atoms with Crippen molar-refractivity contribution >= 4 is 56.3 Å². The number of carbonyl (C=O) groups is 3. The van der Waals surface area contributed by atoms with Crippen molar-refractivity contribution in [3.8, 4) is 0 Å². The van der Waals surface area contributed by atoms with E-state index in [2.05, 4.69) is 25.7 Å². The first kappa shape index (κ1) is 24.1. The molecule has 32 heavy (non-hydrogen) atoms. The maximum atomic E-state index is 12.8. The first-order chi connectivity index (χ1) is 15.2. The van der Waals surface area contributed by atoms with E-state index in [1.807, 2.05) is 0 Å². The fraction of sp³-hybridized carbons (Fsp3) is 0.450. The van der Waals surface area contributed by atoms with E-state index < -0.39 is 36.6 Å². The van der Waals surface area contributed by atoms with Gasteiger partial charge in [-0.1, -0.05) is 11.6 Å². The second kappa shape index (κ2) is 10.4. The number of fused-ring (bicyclic) bond motifs is 1. The van der Waals surface area contributed by atoms with Gasteiger partial charge in [0.2, 0.25) is 6.79 Å². The van der Waals surface area contributed by atoms with E-state index in [9.17, 15) is 24.3 Å². The molecule has 2 heterocycles. The molecule has 1 aliphatic heterocycles. The standard InChI is InChI=1S/C20H21BrClN3O7/c1-11(26)31-10-32-20(30)25-4-2-3-18(28)17(25)5-12(27)8-24-9-23-16-7-14(21)15(22)6-13(16)19(24)29/h6-7,9,17-18,28H,2-5,8,10H2,1H3. The molecule has 1 aromatic carbocycles. The largest absolute Gasteiger partial charge is 0.428 e. The third-order valence-corrected chi connectivity index (χ3v) is 6.27. The van der Waals surface area contributed by atoms with Crippen LogP contribution in [-0.2, 0) is 25.6 Å². The lowest BCUT2D eigenvalue weighted by molar-refractivity contribution is -0.150. The number of ether oxygens (including phenoxy) is 2. The highest BCUT2D eigenvalue weighted by Crippen LogP contribution is 2.26. The number of aromatic nitrogens is 2. The molecule has 0 spiro atoms. The SMILES string of the molecule is CC(=O)OCOC(=O)N1CCCC(O)C1CC(=O)Cn1cnc2cc(Br)c(Cl)cc2c1=O. The zero-order valence-electron chi connectivity index (χ0n) is 17.1. The number of halogens is 2. The van der Waals surface area contributed by atoms with Crippen molar-refractivity contribution in [2.45, 2.75) is 44.9 Å². The van der Waals surface area contributed by atoms with Gasteiger partial charge in [-0.15, -0.1) is 0 Å². The number of nitrogens with zero attached hydrogens (tertiary/aromatic N) is 3. The van der Waals surface area contributed by atoms with Gasteiger partial charge in [-0.25, -0.2) is 9.78 Å². The minimum absolute atomic E-state index is 0.185. The van der Waals surface area contributed by atoms with E-state index in [1.54, 1.807) is 6.07 Å². The van der Waals surface area contributed by atoms with Crippen LogP contribution in [0.2, 0.25) is 5.02 Å². The van der Waals surface area contributed by atoms with Crippen LogP contribution in [-0.4, -0.2) is 62.9 Å². The Morgan fingerprint density at radius 1 is 1.31 bits per heavy atom. The zero-order chi connectivity index (χ0) is 23.4. The summed E-state index contributed by atoms with van der Waals surface area (Å²) in [6.07, 6.45) is 0.292. The summed E-state index contributed by atoms with van der Waals surface area (Å²) in [5.74, 6) is -0.980. The van der Waals surface area contributed by atoms with Crippen LogP contribution in [0.4, 0.5) is 4.79 Å². The number of aliphatic hydroxyl groups is 1. The van der Waals surface area contributed by atoms with Crippen LogP contribution in [0.25, 0.3) is 10.9 Å². The smallest absolute Gasteiger partial charge is 0.413 e. The Kier molecular flexibility index (Phi) is 7.86. The Hall–Kier alpha value is -2.50. The summed E-state index contributed by atoms with van der Waals surface area (Å²) in [5.41, 5.74) is -0.000956. The number of likely N-dealkylation sites (tertiary alicyclic amines) is 1. The van der Waals surface area contributed by atoms with Crippen molar-refractivity contribution in [2.24, 2.45) is 0 Å². The third kappa shape index (κ3) is 5.64. The van der Waals surface area contributed by atoms with Crippen molar-refractivity contribution in [1.29, 1.82) is 0 Å². The molecule has 1 amide bonds. The highest BCUT2D eigenvalue weighted by atomic mass is 79.9. The number of hydrogen-bond acceptors (Lipinski definition) is 8. The van der Waals surface area contributed by atoms with E-state index in [0.29, 0.717) is 27.9 Å². The lowest BCUT2D eigenvalue weighted by Crippen LogP contribution is -2.52. The van der Waals surface area contributed by atoms with Crippen LogP contribution < -0.4 is 5.56 Å². The zero-order valence-corrected chi connectivity index (χ0v) is 19.5. The molecule has 12 heteroatoms. The number of aliphatic hydroxyl groups excluding tert-OH is 1. The van der Waals surface area contributed by atoms with Gasteiger partial charge in [-0.2, -0.15) is 0 Å². The van der Waals surface area contributed by atoms with Gasteiger partial charge in [-0.3, -0.25) is 19.0 Å². The summed E-state index contributed by atoms with van der Waals surface area (Å²) >= 11 is 9.34. The second-order valence-corrected chi connectivity index (χ2v) is 8.60. The van der Waals surface area contributed by atoms with E-state index in [0.717, 1.165) is 4.57 Å². The van der Waals surface area contributed by atoms with Crippen molar-refractivity contribution in [3.05, 3.63) is 38.3 Å². The van der Waals surface area contributed by atoms with E-state index >= 15 is 0 Å². The predicted octanol–water partition coefficient (Wildman–Crippen LogP) is 2.25. The lowest BCUT2D eigenvalue weighted by atomic mass is 9.95. The monoisotopic (exact) mass is 529 g/mol. The molecule has 0 radical (unpaired) electrons. The highest BCUT2D eigenvalue weighted by molar-refractivity contribution is 9.10. The van der Waals surface area contributed by atoms with Gasteiger partial charge in [0, 0.05) is 24.4 Å². The summed E-state index contributed by atoms with van der Waals surface area (Å²) < 4.78 is 11.2. The lowest BCUT2D eigenvalue weighted by Gasteiger charge is -2.37. The van der Waals surface area contributed by atoms with Gasteiger partial charge in [0.05, 0.1) is 40.9 Å². The number of piperidine rings is 1.